The Bertz CT molecular complexity index is 1010. The van der Waals surface area contributed by atoms with Gasteiger partial charge in [-0.05, 0) is 69.9 Å². The molecule has 0 radical (unpaired) electrons. The number of aromatic nitrogens is 1. The molecule has 7 nitrogen and oxygen atoms in total. The van der Waals surface area contributed by atoms with E-state index >= 15 is 0 Å². The summed E-state index contributed by atoms with van der Waals surface area (Å²) in [4.78, 5) is 31.1. The summed E-state index contributed by atoms with van der Waals surface area (Å²) in [7, 11) is 0. The molecule has 2 aromatic rings. The maximum Gasteiger partial charge on any atom is 0.263 e. The largest absolute Gasteiger partial charge is 0.476 e. The van der Waals surface area contributed by atoms with Crippen LogP contribution in [-0.4, -0.2) is 40.5 Å². The first-order valence-electron chi connectivity index (χ1n) is 10.6. The third kappa shape index (κ3) is 4.64. The highest BCUT2D eigenvalue weighted by atomic mass is 35.5. The van der Waals surface area contributed by atoms with Gasteiger partial charge in [-0.2, -0.15) is 0 Å². The molecule has 1 aromatic heterocycles. The molecule has 0 saturated carbocycles. The first kappa shape index (κ1) is 22.7. The standard InChI is InChI=1S/C23H26Cl2N4O3/c1-23(2,32-19-7-4-14(24)9-18(19)25)22(31)28-15-10-16-5-6-17(11-15)29(16)20-8-3-13(12-27-20)21(26)30/h3-4,7-9,12,15-17H,5-6,10-11H2,1-2H3,(H2,26,30)(H,28,31). The number of hydrogen-bond acceptors (Lipinski definition) is 5. The Morgan fingerprint density at radius 1 is 1.16 bits per heavy atom. The fourth-order valence-corrected chi connectivity index (χ4v) is 5.04. The van der Waals surface area contributed by atoms with E-state index in [9.17, 15) is 9.59 Å². The number of pyridine rings is 1. The summed E-state index contributed by atoms with van der Waals surface area (Å²) in [6.07, 6.45) is 5.23. The Hall–Kier alpha value is -2.51. The van der Waals surface area contributed by atoms with Gasteiger partial charge in [-0.1, -0.05) is 23.2 Å². The van der Waals surface area contributed by atoms with E-state index in [1.165, 1.54) is 6.20 Å². The van der Waals surface area contributed by atoms with Gasteiger partial charge in [-0.3, -0.25) is 9.59 Å². The number of nitrogens with two attached hydrogens (primary N) is 1. The number of halogens is 2. The Morgan fingerprint density at radius 2 is 1.84 bits per heavy atom. The molecule has 2 fully saturated rings. The van der Waals surface area contributed by atoms with Crippen molar-refractivity contribution in [2.75, 3.05) is 4.90 Å². The van der Waals surface area contributed by atoms with Crippen molar-refractivity contribution < 1.29 is 14.3 Å². The monoisotopic (exact) mass is 476 g/mol. The molecule has 2 amide bonds. The second-order valence-electron chi connectivity index (χ2n) is 8.89. The van der Waals surface area contributed by atoms with Gasteiger partial charge in [0.15, 0.2) is 5.60 Å². The zero-order chi connectivity index (χ0) is 23.0. The summed E-state index contributed by atoms with van der Waals surface area (Å²) in [5, 5.41) is 4.03. The number of fused-ring (bicyclic) bond motifs is 2. The van der Waals surface area contributed by atoms with E-state index in [1.807, 2.05) is 6.07 Å². The maximum atomic E-state index is 13.0. The molecule has 2 saturated heterocycles. The Labute approximate surface area is 197 Å². The van der Waals surface area contributed by atoms with E-state index in [2.05, 4.69) is 15.2 Å². The van der Waals surface area contributed by atoms with E-state index in [0.29, 0.717) is 21.4 Å². The van der Waals surface area contributed by atoms with Crippen molar-refractivity contribution in [1.29, 1.82) is 0 Å². The average Bonchev–Trinajstić information content (AvgIpc) is 3.00. The first-order valence-corrected chi connectivity index (χ1v) is 11.4. The zero-order valence-electron chi connectivity index (χ0n) is 18.0. The number of nitrogens with one attached hydrogen (secondary N) is 1. The van der Waals surface area contributed by atoms with Gasteiger partial charge < -0.3 is 20.7 Å². The van der Waals surface area contributed by atoms with Crippen LogP contribution < -0.4 is 20.7 Å². The lowest BCUT2D eigenvalue weighted by Gasteiger charge is -2.40. The number of nitrogens with zero attached hydrogens (tertiary/aromatic N) is 2. The van der Waals surface area contributed by atoms with Gasteiger partial charge in [-0.25, -0.2) is 4.98 Å². The molecule has 170 valence electrons. The summed E-state index contributed by atoms with van der Waals surface area (Å²) >= 11 is 12.1. The van der Waals surface area contributed by atoms with Crippen molar-refractivity contribution in [2.24, 2.45) is 5.73 Å². The highest BCUT2D eigenvalue weighted by molar-refractivity contribution is 6.35. The van der Waals surface area contributed by atoms with Crippen molar-refractivity contribution in [3.8, 4) is 5.75 Å². The SMILES string of the molecule is CC(C)(Oc1ccc(Cl)cc1Cl)C(=O)NC1CC2CCC(C1)N2c1ccc(C(N)=O)cn1. The predicted molar refractivity (Wildman–Crippen MR) is 124 cm³/mol. The van der Waals surface area contributed by atoms with E-state index in [1.54, 1.807) is 38.1 Å². The lowest BCUT2D eigenvalue weighted by molar-refractivity contribution is -0.135. The third-order valence-electron chi connectivity index (χ3n) is 6.17. The molecule has 3 N–H and O–H groups in total. The molecule has 2 bridgehead atoms. The number of benzene rings is 1. The minimum atomic E-state index is -1.10. The number of ether oxygens (including phenoxy) is 1. The first-order chi connectivity index (χ1) is 15.1. The van der Waals surface area contributed by atoms with Crippen molar-refractivity contribution in [2.45, 2.75) is 63.3 Å². The molecule has 2 unspecified atom stereocenters. The highest BCUT2D eigenvalue weighted by Crippen LogP contribution is 2.39. The number of carbonyl (C=O) groups is 2. The van der Waals surface area contributed by atoms with Gasteiger partial charge >= 0.3 is 0 Å². The van der Waals surface area contributed by atoms with E-state index in [-0.39, 0.29) is 24.0 Å². The molecule has 9 heteroatoms. The molecule has 0 spiro atoms. The van der Waals surface area contributed by atoms with Crippen LogP contribution in [0.4, 0.5) is 5.82 Å². The van der Waals surface area contributed by atoms with Gasteiger partial charge in [0, 0.05) is 29.3 Å². The maximum absolute atomic E-state index is 13.0. The van der Waals surface area contributed by atoms with Crippen molar-refractivity contribution >= 4 is 40.8 Å². The van der Waals surface area contributed by atoms with Crippen LogP contribution in [0.15, 0.2) is 36.5 Å². The zero-order valence-corrected chi connectivity index (χ0v) is 19.5. The Kier molecular flexibility index (Phi) is 6.23. The lowest BCUT2D eigenvalue weighted by atomic mass is 9.96. The quantitative estimate of drug-likeness (QED) is 0.657. The topological polar surface area (TPSA) is 97.5 Å². The van der Waals surface area contributed by atoms with Crippen LogP contribution in [0.1, 0.15) is 49.9 Å². The second-order valence-corrected chi connectivity index (χ2v) is 9.73. The number of amides is 2. The van der Waals surface area contributed by atoms with Gasteiger partial charge in [0.1, 0.15) is 11.6 Å². The van der Waals surface area contributed by atoms with Crippen LogP contribution in [0.2, 0.25) is 10.0 Å². The molecule has 2 aliphatic rings. The van der Waals surface area contributed by atoms with Crippen LogP contribution in [0.3, 0.4) is 0 Å². The summed E-state index contributed by atoms with van der Waals surface area (Å²) in [6, 6.07) is 9.08. The predicted octanol–water partition coefficient (Wildman–Crippen LogP) is 3.96. The number of piperidine rings is 1. The smallest absolute Gasteiger partial charge is 0.263 e. The van der Waals surface area contributed by atoms with Crippen LogP contribution in [0, 0.1) is 0 Å². The molecule has 32 heavy (non-hydrogen) atoms. The van der Waals surface area contributed by atoms with Crippen LogP contribution >= 0.6 is 23.2 Å². The van der Waals surface area contributed by atoms with Gasteiger partial charge in [0.05, 0.1) is 10.6 Å². The van der Waals surface area contributed by atoms with E-state index in [4.69, 9.17) is 33.7 Å². The second kappa shape index (κ2) is 8.79. The van der Waals surface area contributed by atoms with Crippen LogP contribution in [0.25, 0.3) is 0 Å². The molecule has 2 aliphatic heterocycles. The number of hydrogen-bond donors (Lipinski definition) is 2. The minimum absolute atomic E-state index is 0.0460. The molecule has 4 rings (SSSR count). The lowest BCUT2D eigenvalue weighted by Crippen LogP contribution is -2.55. The highest BCUT2D eigenvalue weighted by Gasteiger charge is 2.43. The van der Waals surface area contributed by atoms with Crippen molar-refractivity contribution in [3.05, 3.63) is 52.1 Å². The fraction of sp³-hybridized carbons (Fsp3) is 0.435. The van der Waals surface area contributed by atoms with Crippen molar-refractivity contribution in [3.63, 3.8) is 0 Å². The van der Waals surface area contributed by atoms with Crippen LogP contribution in [0.5, 0.6) is 5.75 Å². The third-order valence-corrected chi connectivity index (χ3v) is 6.70. The fourth-order valence-electron chi connectivity index (χ4n) is 4.59. The van der Waals surface area contributed by atoms with Gasteiger partial charge in [-0.15, -0.1) is 0 Å². The molecule has 3 heterocycles. The molecule has 1 aromatic carbocycles. The summed E-state index contributed by atoms with van der Waals surface area (Å²) in [6.45, 7) is 3.45. The molecular formula is C23H26Cl2N4O3. The molecule has 0 aliphatic carbocycles. The van der Waals surface area contributed by atoms with Gasteiger partial charge in [0.25, 0.3) is 5.91 Å². The van der Waals surface area contributed by atoms with Crippen molar-refractivity contribution in [1.82, 2.24) is 10.3 Å². The Morgan fingerprint density at radius 3 is 2.41 bits per heavy atom. The number of primary amides is 1. The van der Waals surface area contributed by atoms with Gasteiger partial charge in [0.2, 0.25) is 5.91 Å². The van der Waals surface area contributed by atoms with E-state index < -0.39 is 11.5 Å². The molecule has 2 atom stereocenters. The Balaban J connectivity index is 1.40. The molecular weight excluding hydrogens is 451 g/mol. The number of anilines is 1. The van der Waals surface area contributed by atoms with Crippen LogP contribution in [-0.2, 0) is 4.79 Å². The summed E-state index contributed by atoms with van der Waals surface area (Å²) in [5.41, 5.74) is 4.61. The summed E-state index contributed by atoms with van der Waals surface area (Å²) < 4.78 is 5.92. The number of carbonyl (C=O) groups excluding carboxylic acids is 2. The van der Waals surface area contributed by atoms with E-state index in [0.717, 1.165) is 31.5 Å². The minimum Gasteiger partial charge on any atom is -0.476 e. The summed E-state index contributed by atoms with van der Waals surface area (Å²) in [5.74, 6) is 0.577. The normalized spacial score (nSPS) is 22.5. The number of rotatable bonds is 6. The average molecular weight is 477 g/mol.